The molecule has 0 saturated carbocycles. The van der Waals surface area contributed by atoms with E-state index >= 15 is 0 Å². The van der Waals surface area contributed by atoms with Crippen molar-refractivity contribution in [3.63, 3.8) is 0 Å². The number of carboxylic acid groups (broad SMARTS) is 1. The van der Waals surface area contributed by atoms with E-state index in [-0.39, 0.29) is 25.9 Å². The first-order valence-corrected chi connectivity index (χ1v) is 31.9. The van der Waals surface area contributed by atoms with Crippen LogP contribution in [0.4, 0.5) is 0 Å². The minimum atomic E-state index is -1.92. The third-order valence-corrected chi connectivity index (χ3v) is 13.8. The van der Waals surface area contributed by atoms with Gasteiger partial charge in [0.05, 0.1) is 6.61 Å². The van der Waals surface area contributed by atoms with E-state index < -0.39 is 67.3 Å². The summed E-state index contributed by atoms with van der Waals surface area (Å²) in [5, 5.41) is 31.6. The molecule has 12 nitrogen and oxygen atoms in total. The highest BCUT2D eigenvalue weighted by molar-refractivity contribution is 5.74. The molecule has 1 rings (SSSR count). The fraction of sp³-hybridized carbons (Fsp3) is 0.681. The molecule has 0 aromatic heterocycles. The molecule has 6 unspecified atom stereocenters. The molecule has 1 heterocycles. The second-order valence-corrected chi connectivity index (χ2v) is 21.3. The van der Waals surface area contributed by atoms with Gasteiger partial charge in [0.25, 0.3) is 0 Å². The molecule has 6 atom stereocenters. The van der Waals surface area contributed by atoms with Crippen LogP contribution in [0.1, 0.15) is 252 Å². The zero-order chi connectivity index (χ0) is 58.9. The van der Waals surface area contributed by atoms with Crippen molar-refractivity contribution >= 4 is 23.9 Å². The smallest absolute Gasteiger partial charge is 0.335 e. The van der Waals surface area contributed by atoms with Crippen LogP contribution in [0.2, 0.25) is 0 Å². The Bertz CT molecular complexity index is 1820. The van der Waals surface area contributed by atoms with Crippen molar-refractivity contribution in [2.75, 3.05) is 13.2 Å². The lowest BCUT2D eigenvalue weighted by Gasteiger charge is -2.40. The molecule has 0 aromatic rings. The van der Waals surface area contributed by atoms with Gasteiger partial charge in [-0.05, 0) is 103 Å². The van der Waals surface area contributed by atoms with Gasteiger partial charge >= 0.3 is 23.9 Å². The lowest BCUT2D eigenvalue weighted by Crippen LogP contribution is -2.61. The number of carboxylic acids is 1. The molecule has 1 aliphatic rings. The van der Waals surface area contributed by atoms with Crippen molar-refractivity contribution in [3.05, 3.63) is 109 Å². The summed E-state index contributed by atoms with van der Waals surface area (Å²) in [6, 6.07) is 0. The maximum atomic E-state index is 13.2. The van der Waals surface area contributed by atoms with Crippen LogP contribution in [0, 0.1) is 0 Å². The fourth-order valence-corrected chi connectivity index (χ4v) is 9.03. The molecule has 1 aliphatic heterocycles. The van der Waals surface area contributed by atoms with Gasteiger partial charge in [0.2, 0.25) is 0 Å². The van der Waals surface area contributed by atoms with E-state index in [2.05, 4.69) is 130 Å². The predicted octanol–water partition coefficient (Wildman–Crippen LogP) is 17.0. The monoisotopic (exact) mass is 1130 g/mol. The van der Waals surface area contributed by atoms with Gasteiger partial charge in [-0.1, -0.05) is 239 Å². The minimum absolute atomic E-state index is 0.0504. The van der Waals surface area contributed by atoms with E-state index in [0.717, 1.165) is 116 Å². The van der Waals surface area contributed by atoms with Crippen LogP contribution in [-0.4, -0.2) is 89.2 Å². The van der Waals surface area contributed by atoms with Crippen LogP contribution in [-0.2, 0) is 42.9 Å². The molecule has 1 fully saturated rings. The Labute approximate surface area is 491 Å². The minimum Gasteiger partial charge on any atom is -0.479 e. The summed E-state index contributed by atoms with van der Waals surface area (Å²) in [5.74, 6) is -3.22. The van der Waals surface area contributed by atoms with Crippen molar-refractivity contribution in [2.24, 2.45) is 0 Å². The van der Waals surface area contributed by atoms with E-state index in [1.807, 2.05) is 0 Å². The summed E-state index contributed by atoms with van der Waals surface area (Å²) in [5.41, 5.74) is 0. The van der Waals surface area contributed by atoms with Crippen molar-refractivity contribution in [3.8, 4) is 0 Å². The summed E-state index contributed by atoms with van der Waals surface area (Å²) in [6.07, 6.45) is 63.4. The summed E-state index contributed by atoms with van der Waals surface area (Å²) >= 11 is 0. The van der Waals surface area contributed by atoms with Gasteiger partial charge in [-0.25, -0.2) is 4.79 Å². The third-order valence-electron chi connectivity index (χ3n) is 13.8. The molecular weight excluding hydrogens is 1020 g/mol. The molecule has 0 aliphatic carbocycles. The second kappa shape index (κ2) is 55.9. The van der Waals surface area contributed by atoms with Crippen LogP contribution >= 0.6 is 0 Å². The number of hydrogen-bond donors (Lipinski definition) is 3. The Balaban J connectivity index is 2.71. The molecule has 3 N–H and O–H groups in total. The summed E-state index contributed by atoms with van der Waals surface area (Å²) in [4.78, 5) is 51.3. The number of unbranched alkanes of at least 4 members (excludes halogenated alkanes) is 21. The third kappa shape index (κ3) is 45.6. The van der Waals surface area contributed by atoms with E-state index in [4.69, 9.17) is 23.7 Å². The average molecular weight is 1130 g/mol. The van der Waals surface area contributed by atoms with Gasteiger partial charge in [-0.15, -0.1) is 0 Å². The van der Waals surface area contributed by atoms with Gasteiger partial charge in [-0.2, -0.15) is 0 Å². The van der Waals surface area contributed by atoms with Gasteiger partial charge in [0, 0.05) is 19.3 Å². The molecule has 81 heavy (non-hydrogen) atoms. The van der Waals surface area contributed by atoms with E-state index in [9.17, 15) is 34.5 Å². The number of carbonyl (C=O) groups excluding carboxylic acids is 3. The fourth-order valence-electron chi connectivity index (χ4n) is 9.03. The maximum absolute atomic E-state index is 13.2. The van der Waals surface area contributed by atoms with Crippen LogP contribution in [0.5, 0.6) is 0 Å². The van der Waals surface area contributed by atoms with Crippen LogP contribution < -0.4 is 0 Å². The number of esters is 3. The van der Waals surface area contributed by atoms with Crippen LogP contribution in [0.15, 0.2) is 109 Å². The molecule has 0 radical (unpaired) electrons. The lowest BCUT2D eigenvalue weighted by atomic mass is 9.98. The Kier molecular flexibility index (Phi) is 51.3. The van der Waals surface area contributed by atoms with Gasteiger partial charge in [0.15, 0.2) is 24.6 Å². The molecule has 0 aromatic carbocycles. The molecular formula is C69H112O12. The second-order valence-electron chi connectivity index (χ2n) is 21.3. The number of ether oxygens (including phenoxy) is 5. The molecule has 0 bridgehead atoms. The molecule has 460 valence electrons. The van der Waals surface area contributed by atoms with E-state index in [0.29, 0.717) is 19.3 Å². The van der Waals surface area contributed by atoms with Crippen molar-refractivity contribution < 1.29 is 58.2 Å². The van der Waals surface area contributed by atoms with Gasteiger partial charge < -0.3 is 39.0 Å². The number of aliphatic carboxylic acids is 1. The van der Waals surface area contributed by atoms with Crippen molar-refractivity contribution in [1.29, 1.82) is 0 Å². The summed E-state index contributed by atoms with van der Waals surface area (Å²) in [7, 11) is 0. The SMILES string of the molecule is CC/C=C\C/C=C\C/C=C\C/C=C\C/C=C\CCCCCC(=O)OCC(COC1OC(C(=O)O)C(O)C(O)C1OC(=O)CCCCCCCCCCCCCCCCCCC)OC(=O)CCCC/C=C\C/C=C\C/C=C\C/C=C\CC. The topological polar surface area (TPSA) is 175 Å². The Morgan fingerprint density at radius 2 is 0.778 bits per heavy atom. The quantitative estimate of drug-likeness (QED) is 0.0228. The van der Waals surface area contributed by atoms with Gasteiger partial charge in [0.1, 0.15) is 18.8 Å². The summed E-state index contributed by atoms with van der Waals surface area (Å²) < 4.78 is 28.4. The largest absolute Gasteiger partial charge is 0.479 e. The Morgan fingerprint density at radius 1 is 0.420 bits per heavy atom. The number of allylic oxidation sites excluding steroid dienone is 18. The van der Waals surface area contributed by atoms with Crippen LogP contribution in [0.25, 0.3) is 0 Å². The highest BCUT2D eigenvalue weighted by Crippen LogP contribution is 2.26. The van der Waals surface area contributed by atoms with Crippen LogP contribution in [0.3, 0.4) is 0 Å². The number of aliphatic hydroxyl groups is 2. The number of rotatable bonds is 53. The lowest BCUT2D eigenvalue weighted by molar-refractivity contribution is -0.301. The summed E-state index contributed by atoms with van der Waals surface area (Å²) in [6.45, 7) is 5.72. The highest BCUT2D eigenvalue weighted by atomic mass is 16.7. The standard InChI is InChI=1S/C69H112O12/c1-4-7-10-13-16-19-22-25-28-30-31-33-35-37-40-43-46-49-52-55-61(70)77-58-60(79-62(71)56-53-50-47-44-41-38-34-27-24-21-18-15-12-9-6-3)59-78-69-67(65(74)64(73)66(81-69)68(75)76)80-63(72)57-54-51-48-45-42-39-36-32-29-26-23-20-17-14-11-8-5-2/h7,9-10,12,16,18-19,21,25,27-28,31,33-34,37,40-41,44,60,64-67,69,73-74H,4-6,8,11,13-15,17,20,22-24,26,29-30,32,35-36,38-39,42-43,45-59H2,1-3H3,(H,75,76)/b10-7-,12-9-,19-16-,21-18-,28-25-,33-31-,34-27-,40-37-,44-41-. The molecule has 0 amide bonds. The Hall–Kier alpha value is -4.62. The zero-order valence-corrected chi connectivity index (χ0v) is 50.7. The van der Waals surface area contributed by atoms with Crippen molar-refractivity contribution in [2.45, 2.75) is 289 Å². The van der Waals surface area contributed by atoms with Gasteiger partial charge in [-0.3, -0.25) is 14.4 Å². The van der Waals surface area contributed by atoms with E-state index in [1.54, 1.807) is 0 Å². The first-order valence-electron chi connectivity index (χ1n) is 31.9. The number of carbonyl (C=O) groups is 4. The first kappa shape index (κ1) is 74.4. The maximum Gasteiger partial charge on any atom is 0.335 e. The molecule has 12 heteroatoms. The number of hydrogen-bond acceptors (Lipinski definition) is 11. The average Bonchev–Trinajstić information content (AvgIpc) is 3.53. The first-order chi connectivity index (χ1) is 39.6. The number of aliphatic hydroxyl groups excluding tert-OH is 2. The molecule has 0 spiro atoms. The Morgan fingerprint density at radius 3 is 1.21 bits per heavy atom. The zero-order valence-electron chi connectivity index (χ0n) is 50.7. The van der Waals surface area contributed by atoms with Crippen molar-refractivity contribution in [1.82, 2.24) is 0 Å². The highest BCUT2D eigenvalue weighted by Gasteiger charge is 2.50. The normalized spacial score (nSPS) is 18.5. The predicted molar refractivity (Wildman–Crippen MR) is 330 cm³/mol. The molecule has 1 saturated heterocycles. The van der Waals surface area contributed by atoms with E-state index in [1.165, 1.54) is 77.0 Å².